The van der Waals surface area contributed by atoms with Crippen LogP contribution in [0.4, 0.5) is 0 Å². The summed E-state index contributed by atoms with van der Waals surface area (Å²) in [5.74, 6) is 0.499. The normalized spacial score (nSPS) is 11.2. The van der Waals surface area contributed by atoms with E-state index in [1.807, 2.05) is 78.9 Å². The molecule has 0 spiro atoms. The van der Waals surface area contributed by atoms with Crippen molar-refractivity contribution < 1.29 is 9.53 Å². The number of rotatable bonds is 6. The first-order valence-corrected chi connectivity index (χ1v) is 10.8. The van der Waals surface area contributed by atoms with Crippen LogP contribution in [0.3, 0.4) is 0 Å². The zero-order valence-corrected chi connectivity index (χ0v) is 17.9. The van der Waals surface area contributed by atoms with Gasteiger partial charge in [-0.3, -0.25) is 4.79 Å². The Morgan fingerprint density at radius 3 is 2.27 bits per heavy atom. The van der Waals surface area contributed by atoms with Gasteiger partial charge in [-0.25, -0.2) is 5.43 Å². The summed E-state index contributed by atoms with van der Waals surface area (Å²) in [6.45, 7) is 0.472. The first-order valence-electron chi connectivity index (χ1n) is 10.8. The van der Waals surface area contributed by atoms with Crippen molar-refractivity contribution in [2.24, 2.45) is 5.10 Å². The van der Waals surface area contributed by atoms with Crippen LogP contribution in [0.15, 0.2) is 114 Å². The van der Waals surface area contributed by atoms with E-state index >= 15 is 0 Å². The van der Waals surface area contributed by atoms with Crippen LogP contribution in [0, 0.1) is 0 Å². The van der Waals surface area contributed by atoms with Crippen molar-refractivity contribution >= 4 is 33.7 Å². The molecule has 1 N–H and O–H groups in total. The van der Waals surface area contributed by atoms with Crippen LogP contribution in [0.2, 0.25) is 0 Å². The SMILES string of the molecule is O=C(N/N=C\c1cccc(OCc2cccc3ccccc23)c1)c1cccc2ccccc12. The molecule has 0 aliphatic rings. The van der Waals surface area contributed by atoms with Gasteiger partial charge in [0.05, 0.1) is 6.21 Å². The molecule has 160 valence electrons. The van der Waals surface area contributed by atoms with Crippen LogP contribution < -0.4 is 10.2 Å². The number of hydrogen-bond acceptors (Lipinski definition) is 3. The quantitative estimate of drug-likeness (QED) is 0.253. The summed E-state index contributed by atoms with van der Waals surface area (Å²) in [6.07, 6.45) is 1.62. The molecule has 33 heavy (non-hydrogen) atoms. The van der Waals surface area contributed by atoms with E-state index in [9.17, 15) is 4.79 Å². The third-order valence-electron chi connectivity index (χ3n) is 5.55. The van der Waals surface area contributed by atoms with E-state index in [1.54, 1.807) is 12.3 Å². The standard InChI is InChI=1S/C29H22N2O2/c32-29(28-17-7-12-23-10-2-4-16-27(23)28)31-30-19-21-8-5-14-25(18-21)33-20-24-13-6-11-22-9-1-3-15-26(22)24/h1-19H,20H2,(H,31,32)/b30-19-. The van der Waals surface area contributed by atoms with Crippen molar-refractivity contribution in [2.45, 2.75) is 6.61 Å². The molecule has 5 rings (SSSR count). The third kappa shape index (κ3) is 4.60. The van der Waals surface area contributed by atoms with E-state index in [2.05, 4.69) is 34.8 Å². The predicted molar refractivity (Wildman–Crippen MR) is 134 cm³/mol. The molecular formula is C29H22N2O2. The van der Waals surface area contributed by atoms with Crippen LogP contribution in [0.1, 0.15) is 21.5 Å². The summed E-state index contributed by atoms with van der Waals surface area (Å²) in [5, 5.41) is 8.45. The largest absolute Gasteiger partial charge is 0.489 e. The molecule has 0 radical (unpaired) electrons. The third-order valence-corrected chi connectivity index (χ3v) is 5.55. The average molecular weight is 431 g/mol. The Morgan fingerprint density at radius 1 is 0.758 bits per heavy atom. The van der Waals surface area contributed by atoms with Gasteiger partial charge in [-0.05, 0) is 50.9 Å². The van der Waals surface area contributed by atoms with Gasteiger partial charge in [-0.15, -0.1) is 0 Å². The summed E-state index contributed by atoms with van der Waals surface area (Å²) >= 11 is 0. The van der Waals surface area contributed by atoms with Gasteiger partial charge in [0.1, 0.15) is 12.4 Å². The Balaban J connectivity index is 1.26. The number of nitrogens with one attached hydrogen (secondary N) is 1. The number of benzene rings is 5. The molecule has 0 atom stereocenters. The molecule has 0 saturated heterocycles. The van der Waals surface area contributed by atoms with Gasteiger partial charge in [0.2, 0.25) is 0 Å². The highest BCUT2D eigenvalue weighted by atomic mass is 16.5. The molecule has 5 aromatic rings. The molecule has 0 heterocycles. The van der Waals surface area contributed by atoms with E-state index in [0.29, 0.717) is 12.2 Å². The zero-order chi connectivity index (χ0) is 22.5. The smallest absolute Gasteiger partial charge is 0.271 e. The molecule has 0 aromatic heterocycles. The minimum Gasteiger partial charge on any atom is -0.489 e. The molecule has 0 fully saturated rings. The van der Waals surface area contributed by atoms with Crippen molar-refractivity contribution in [3.8, 4) is 5.75 Å². The van der Waals surface area contributed by atoms with Crippen LogP contribution in [-0.4, -0.2) is 12.1 Å². The van der Waals surface area contributed by atoms with Crippen LogP contribution in [-0.2, 0) is 6.61 Å². The summed E-state index contributed by atoms with van der Waals surface area (Å²) < 4.78 is 6.04. The number of carbonyl (C=O) groups is 1. The Bertz CT molecular complexity index is 1460. The molecule has 4 nitrogen and oxygen atoms in total. The number of amides is 1. The predicted octanol–water partition coefficient (Wildman–Crippen LogP) is 6.34. The van der Waals surface area contributed by atoms with Crippen LogP contribution in [0.25, 0.3) is 21.5 Å². The van der Waals surface area contributed by atoms with E-state index in [-0.39, 0.29) is 5.91 Å². The minimum absolute atomic E-state index is 0.244. The number of nitrogens with zero attached hydrogens (tertiary/aromatic N) is 1. The van der Waals surface area contributed by atoms with Crippen LogP contribution >= 0.6 is 0 Å². The fourth-order valence-corrected chi connectivity index (χ4v) is 3.91. The number of carbonyl (C=O) groups excluding carboxylic acids is 1. The lowest BCUT2D eigenvalue weighted by Crippen LogP contribution is -2.17. The molecule has 0 aliphatic heterocycles. The van der Waals surface area contributed by atoms with E-state index in [4.69, 9.17) is 4.74 Å². The molecule has 0 saturated carbocycles. The average Bonchev–Trinajstić information content (AvgIpc) is 2.87. The van der Waals surface area contributed by atoms with Crippen molar-refractivity contribution in [3.05, 3.63) is 126 Å². The Hall–Kier alpha value is -4.44. The van der Waals surface area contributed by atoms with E-state index in [1.165, 1.54) is 10.8 Å². The molecule has 4 heteroatoms. The summed E-state index contributed by atoms with van der Waals surface area (Å²) in [6, 6.07) is 35.6. The first kappa shape index (κ1) is 20.5. The van der Waals surface area contributed by atoms with Gasteiger partial charge in [0.15, 0.2) is 0 Å². The summed E-state index contributed by atoms with van der Waals surface area (Å²) in [5.41, 5.74) is 5.19. The first-order chi connectivity index (χ1) is 16.3. The Morgan fingerprint density at radius 2 is 1.42 bits per heavy atom. The highest BCUT2D eigenvalue weighted by Gasteiger charge is 2.08. The fourth-order valence-electron chi connectivity index (χ4n) is 3.91. The van der Waals surface area contributed by atoms with Gasteiger partial charge in [0, 0.05) is 5.56 Å². The minimum atomic E-state index is -0.244. The van der Waals surface area contributed by atoms with Gasteiger partial charge in [-0.2, -0.15) is 5.10 Å². The highest BCUT2D eigenvalue weighted by Crippen LogP contribution is 2.21. The fraction of sp³-hybridized carbons (Fsp3) is 0.0345. The molecule has 0 bridgehead atoms. The molecule has 5 aromatic carbocycles. The number of fused-ring (bicyclic) bond motifs is 2. The second kappa shape index (κ2) is 9.37. The highest BCUT2D eigenvalue weighted by molar-refractivity contribution is 6.07. The molecule has 0 unspecified atom stereocenters. The summed E-state index contributed by atoms with van der Waals surface area (Å²) in [7, 11) is 0. The number of hydrazone groups is 1. The second-order valence-electron chi connectivity index (χ2n) is 7.73. The maximum absolute atomic E-state index is 12.6. The van der Waals surface area contributed by atoms with Gasteiger partial charge in [-0.1, -0.05) is 91.0 Å². The lowest BCUT2D eigenvalue weighted by molar-refractivity contribution is 0.0957. The molecular weight excluding hydrogens is 408 g/mol. The lowest BCUT2D eigenvalue weighted by Gasteiger charge is -2.09. The monoisotopic (exact) mass is 430 g/mol. The molecule has 0 aliphatic carbocycles. The van der Waals surface area contributed by atoms with Gasteiger partial charge >= 0.3 is 0 Å². The second-order valence-corrected chi connectivity index (χ2v) is 7.73. The Labute approximate surface area is 192 Å². The maximum atomic E-state index is 12.6. The summed E-state index contributed by atoms with van der Waals surface area (Å²) in [4.78, 5) is 12.6. The van der Waals surface area contributed by atoms with Crippen molar-refractivity contribution in [2.75, 3.05) is 0 Å². The van der Waals surface area contributed by atoms with Crippen molar-refractivity contribution in [1.29, 1.82) is 0 Å². The lowest BCUT2D eigenvalue weighted by atomic mass is 10.0. The van der Waals surface area contributed by atoms with Gasteiger partial charge in [0.25, 0.3) is 5.91 Å². The van der Waals surface area contributed by atoms with Crippen molar-refractivity contribution in [3.63, 3.8) is 0 Å². The maximum Gasteiger partial charge on any atom is 0.271 e. The van der Waals surface area contributed by atoms with E-state index in [0.717, 1.165) is 27.6 Å². The Kier molecular flexibility index (Phi) is 5.81. The molecule has 1 amide bonds. The van der Waals surface area contributed by atoms with Crippen molar-refractivity contribution in [1.82, 2.24) is 5.43 Å². The zero-order valence-electron chi connectivity index (χ0n) is 17.9. The number of hydrogen-bond donors (Lipinski definition) is 1. The van der Waals surface area contributed by atoms with Gasteiger partial charge < -0.3 is 4.74 Å². The van der Waals surface area contributed by atoms with Crippen LogP contribution in [0.5, 0.6) is 5.75 Å². The topological polar surface area (TPSA) is 50.7 Å². The number of ether oxygens (including phenoxy) is 1. The van der Waals surface area contributed by atoms with E-state index < -0.39 is 0 Å².